The van der Waals surface area contributed by atoms with Gasteiger partial charge in [-0.2, -0.15) is 0 Å². The standard InChI is InChI=1S/C13H26/c1-12(2,3)10-11-8-6-7-9-13(11,4)5/h11H,6-10H2,1-5H3. The van der Waals surface area contributed by atoms with Crippen LogP contribution in [0.5, 0.6) is 0 Å². The van der Waals surface area contributed by atoms with Crippen molar-refractivity contribution in [2.75, 3.05) is 0 Å². The minimum Gasteiger partial charge on any atom is -0.0602 e. The summed E-state index contributed by atoms with van der Waals surface area (Å²) < 4.78 is 0. The Morgan fingerprint density at radius 2 is 1.77 bits per heavy atom. The van der Waals surface area contributed by atoms with Crippen molar-refractivity contribution in [3.63, 3.8) is 0 Å². The summed E-state index contributed by atoms with van der Waals surface area (Å²) in [4.78, 5) is 0. The molecule has 1 fully saturated rings. The first-order valence-electron chi connectivity index (χ1n) is 5.81. The van der Waals surface area contributed by atoms with Crippen LogP contribution < -0.4 is 0 Å². The van der Waals surface area contributed by atoms with E-state index in [1.807, 2.05) is 0 Å². The fourth-order valence-corrected chi connectivity index (χ4v) is 2.68. The van der Waals surface area contributed by atoms with Crippen LogP contribution in [-0.4, -0.2) is 0 Å². The van der Waals surface area contributed by atoms with Crippen molar-refractivity contribution in [2.45, 2.75) is 66.7 Å². The van der Waals surface area contributed by atoms with Gasteiger partial charge in [0.2, 0.25) is 0 Å². The van der Waals surface area contributed by atoms with Crippen LogP contribution in [-0.2, 0) is 0 Å². The third kappa shape index (κ3) is 3.32. The molecule has 0 N–H and O–H groups in total. The SMILES string of the molecule is CC(C)(C)CC1CCCCC1(C)C. The predicted octanol–water partition coefficient (Wildman–Crippen LogP) is 4.64. The van der Waals surface area contributed by atoms with Crippen LogP contribution in [0.4, 0.5) is 0 Å². The fourth-order valence-electron chi connectivity index (χ4n) is 2.68. The monoisotopic (exact) mass is 182 g/mol. The van der Waals surface area contributed by atoms with Crippen molar-refractivity contribution in [3.8, 4) is 0 Å². The van der Waals surface area contributed by atoms with Gasteiger partial charge in [-0.1, -0.05) is 47.5 Å². The molecule has 78 valence electrons. The van der Waals surface area contributed by atoms with Gasteiger partial charge < -0.3 is 0 Å². The van der Waals surface area contributed by atoms with E-state index in [0.717, 1.165) is 5.92 Å². The van der Waals surface area contributed by atoms with Crippen LogP contribution in [0, 0.1) is 16.7 Å². The Morgan fingerprint density at radius 3 is 2.23 bits per heavy atom. The first kappa shape index (κ1) is 11.1. The second kappa shape index (κ2) is 3.63. The lowest BCUT2D eigenvalue weighted by atomic mass is 9.64. The molecule has 1 aliphatic carbocycles. The Balaban J connectivity index is 2.56. The topological polar surface area (TPSA) is 0 Å². The van der Waals surface area contributed by atoms with E-state index >= 15 is 0 Å². The minimum atomic E-state index is 0.513. The Labute approximate surface area is 84.1 Å². The van der Waals surface area contributed by atoms with E-state index < -0.39 is 0 Å². The zero-order valence-corrected chi connectivity index (χ0v) is 10.1. The first-order valence-corrected chi connectivity index (χ1v) is 5.81. The molecule has 0 radical (unpaired) electrons. The highest BCUT2D eigenvalue weighted by atomic mass is 14.4. The highest BCUT2D eigenvalue weighted by Gasteiger charge is 2.34. The van der Waals surface area contributed by atoms with Crippen LogP contribution in [0.3, 0.4) is 0 Å². The average molecular weight is 182 g/mol. The summed E-state index contributed by atoms with van der Waals surface area (Å²) in [5.74, 6) is 0.959. The van der Waals surface area contributed by atoms with Gasteiger partial charge in [-0.15, -0.1) is 0 Å². The molecule has 0 aromatic rings. The Bertz CT molecular complexity index is 159. The van der Waals surface area contributed by atoms with Crippen molar-refractivity contribution in [1.29, 1.82) is 0 Å². The van der Waals surface area contributed by atoms with Crippen molar-refractivity contribution in [1.82, 2.24) is 0 Å². The molecule has 0 aliphatic heterocycles. The quantitative estimate of drug-likeness (QED) is 0.554. The molecule has 0 nitrogen and oxygen atoms in total. The molecule has 0 bridgehead atoms. The van der Waals surface area contributed by atoms with E-state index in [-0.39, 0.29) is 0 Å². The summed E-state index contributed by atoms with van der Waals surface area (Å²) in [7, 11) is 0. The van der Waals surface area contributed by atoms with E-state index in [4.69, 9.17) is 0 Å². The lowest BCUT2D eigenvalue weighted by molar-refractivity contribution is 0.0944. The predicted molar refractivity (Wildman–Crippen MR) is 59.8 cm³/mol. The van der Waals surface area contributed by atoms with Gasteiger partial charge in [0.25, 0.3) is 0 Å². The molecule has 1 rings (SSSR count). The van der Waals surface area contributed by atoms with E-state index in [2.05, 4.69) is 34.6 Å². The molecule has 13 heavy (non-hydrogen) atoms. The largest absolute Gasteiger partial charge is 0.0602 e. The molecular formula is C13H26. The molecule has 0 aromatic heterocycles. The zero-order chi connectivity index (χ0) is 10.1. The summed E-state index contributed by atoms with van der Waals surface area (Å²) in [5, 5.41) is 0. The van der Waals surface area contributed by atoms with Crippen LogP contribution in [0.1, 0.15) is 66.7 Å². The third-order valence-electron chi connectivity index (χ3n) is 3.59. The third-order valence-corrected chi connectivity index (χ3v) is 3.59. The van der Waals surface area contributed by atoms with Gasteiger partial charge in [0.05, 0.1) is 0 Å². The van der Waals surface area contributed by atoms with Gasteiger partial charge >= 0.3 is 0 Å². The summed E-state index contributed by atoms with van der Waals surface area (Å²) in [6.45, 7) is 12.0. The smallest absolute Gasteiger partial charge is 0.0326 e. The Kier molecular flexibility index (Phi) is 3.09. The minimum absolute atomic E-state index is 0.513. The van der Waals surface area contributed by atoms with Crippen molar-refractivity contribution >= 4 is 0 Å². The first-order chi connectivity index (χ1) is 5.81. The summed E-state index contributed by atoms with van der Waals surface area (Å²) in [6, 6.07) is 0. The molecule has 0 saturated heterocycles. The van der Waals surface area contributed by atoms with Crippen LogP contribution in [0.15, 0.2) is 0 Å². The van der Waals surface area contributed by atoms with Crippen LogP contribution in [0.25, 0.3) is 0 Å². The zero-order valence-electron chi connectivity index (χ0n) is 10.1. The molecule has 1 saturated carbocycles. The maximum atomic E-state index is 2.46. The second-order valence-electron chi connectivity index (χ2n) is 6.70. The van der Waals surface area contributed by atoms with Gasteiger partial charge in [0, 0.05) is 0 Å². The second-order valence-corrected chi connectivity index (χ2v) is 6.70. The maximum absolute atomic E-state index is 2.46. The number of hydrogen-bond donors (Lipinski definition) is 0. The molecule has 1 unspecified atom stereocenters. The Morgan fingerprint density at radius 1 is 1.15 bits per heavy atom. The molecule has 0 amide bonds. The van der Waals surface area contributed by atoms with Crippen molar-refractivity contribution < 1.29 is 0 Å². The highest BCUT2D eigenvalue weighted by molar-refractivity contribution is 4.85. The van der Waals surface area contributed by atoms with Crippen molar-refractivity contribution in [2.24, 2.45) is 16.7 Å². The van der Waals surface area contributed by atoms with Gasteiger partial charge in [0.1, 0.15) is 0 Å². The Hall–Kier alpha value is 0. The molecular weight excluding hydrogens is 156 g/mol. The van der Waals surface area contributed by atoms with E-state index in [1.54, 1.807) is 0 Å². The summed E-state index contributed by atoms with van der Waals surface area (Å²) in [5.41, 5.74) is 1.12. The number of hydrogen-bond acceptors (Lipinski definition) is 0. The molecule has 0 heterocycles. The summed E-state index contributed by atoms with van der Waals surface area (Å²) >= 11 is 0. The van der Waals surface area contributed by atoms with E-state index in [0.29, 0.717) is 10.8 Å². The van der Waals surface area contributed by atoms with Crippen molar-refractivity contribution in [3.05, 3.63) is 0 Å². The van der Waals surface area contributed by atoms with Gasteiger partial charge in [0.15, 0.2) is 0 Å². The molecule has 0 spiro atoms. The molecule has 1 atom stereocenters. The lowest BCUT2D eigenvalue weighted by Gasteiger charge is -2.41. The van der Waals surface area contributed by atoms with Crippen LogP contribution >= 0.6 is 0 Å². The number of rotatable bonds is 1. The highest BCUT2D eigenvalue weighted by Crippen LogP contribution is 2.45. The van der Waals surface area contributed by atoms with Gasteiger partial charge in [-0.25, -0.2) is 0 Å². The maximum Gasteiger partial charge on any atom is -0.0326 e. The van der Waals surface area contributed by atoms with E-state index in [9.17, 15) is 0 Å². The van der Waals surface area contributed by atoms with E-state index in [1.165, 1.54) is 32.1 Å². The summed E-state index contributed by atoms with van der Waals surface area (Å²) in [6.07, 6.45) is 7.22. The molecule has 1 aliphatic rings. The molecule has 0 aromatic carbocycles. The van der Waals surface area contributed by atoms with Gasteiger partial charge in [-0.05, 0) is 36.0 Å². The molecule has 0 heteroatoms. The average Bonchev–Trinajstić information content (AvgIpc) is 1.91. The fraction of sp³-hybridized carbons (Fsp3) is 1.00. The van der Waals surface area contributed by atoms with Crippen LogP contribution in [0.2, 0.25) is 0 Å². The normalized spacial score (nSPS) is 28.8. The lowest BCUT2D eigenvalue weighted by Crippen LogP contribution is -2.31. The van der Waals surface area contributed by atoms with Gasteiger partial charge in [-0.3, -0.25) is 0 Å².